The molecule has 0 aliphatic carbocycles. The van der Waals surface area contributed by atoms with Gasteiger partial charge in [0.25, 0.3) is 0 Å². The lowest BCUT2D eigenvalue weighted by Crippen LogP contribution is -2.30. The average molecular weight is 308 g/mol. The Labute approximate surface area is 124 Å². The van der Waals surface area contributed by atoms with Gasteiger partial charge < -0.3 is 4.74 Å². The molecular weight excluding hydrogens is 292 g/mol. The molecule has 1 aliphatic heterocycles. The second-order valence-corrected chi connectivity index (χ2v) is 6.90. The summed E-state index contributed by atoms with van der Waals surface area (Å²) < 4.78 is 31.0. The van der Waals surface area contributed by atoms with Crippen LogP contribution in [0, 0.1) is 24.2 Å². The summed E-state index contributed by atoms with van der Waals surface area (Å²) in [4.78, 5) is 11.6. The van der Waals surface area contributed by atoms with Crippen molar-refractivity contribution in [3.63, 3.8) is 0 Å². The first-order valence-electron chi connectivity index (χ1n) is 6.49. The Hall–Kier alpha value is -1.91. The first kappa shape index (κ1) is 15.5. The van der Waals surface area contributed by atoms with Crippen LogP contribution in [0.25, 0.3) is 0 Å². The largest absolute Gasteiger partial charge is 0.469 e. The molecule has 0 spiro atoms. The summed E-state index contributed by atoms with van der Waals surface area (Å²) in [5, 5.41) is 8.89. The Morgan fingerprint density at radius 2 is 2.19 bits per heavy atom. The first-order chi connectivity index (χ1) is 9.90. The number of nitrogens with zero attached hydrogens (tertiary/aromatic N) is 2. The molecule has 1 heterocycles. The van der Waals surface area contributed by atoms with Crippen LogP contribution in [0.2, 0.25) is 0 Å². The third-order valence-corrected chi connectivity index (χ3v) is 5.50. The van der Waals surface area contributed by atoms with Crippen LogP contribution < -0.4 is 0 Å². The topological polar surface area (TPSA) is 87.5 Å². The summed E-state index contributed by atoms with van der Waals surface area (Å²) in [6, 6.07) is 6.41. The second kappa shape index (κ2) is 5.84. The van der Waals surface area contributed by atoms with Crippen molar-refractivity contribution in [3.8, 4) is 6.07 Å². The van der Waals surface area contributed by atoms with Crippen molar-refractivity contribution in [3.05, 3.63) is 29.3 Å². The molecule has 21 heavy (non-hydrogen) atoms. The molecule has 0 amide bonds. The van der Waals surface area contributed by atoms with Crippen LogP contribution in [0.1, 0.15) is 17.5 Å². The van der Waals surface area contributed by atoms with Gasteiger partial charge in [0.05, 0.1) is 29.6 Å². The van der Waals surface area contributed by atoms with Crippen molar-refractivity contribution in [1.82, 2.24) is 4.31 Å². The molecule has 1 fully saturated rings. The van der Waals surface area contributed by atoms with Crippen molar-refractivity contribution < 1.29 is 17.9 Å². The number of benzene rings is 1. The Morgan fingerprint density at radius 1 is 1.48 bits per heavy atom. The van der Waals surface area contributed by atoms with Crippen LogP contribution >= 0.6 is 0 Å². The van der Waals surface area contributed by atoms with Gasteiger partial charge in [0, 0.05) is 13.1 Å². The minimum Gasteiger partial charge on any atom is -0.469 e. The van der Waals surface area contributed by atoms with Gasteiger partial charge in [-0.05, 0) is 37.1 Å². The summed E-state index contributed by atoms with van der Waals surface area (Å²) in [6.07, 6.45) is 0.459. The molecule has 7 heteroatoms. The summed E-state index contributed by atoms with van der Waals surface area (Å²) in [6.45, 7) is 2.12. The van der Waals surface area contributed by atoms with Gasteiger partial charge in [0.15, 0.2) is 0 Å². The van der Waals surface area contributed by atoms with E-state index in [1.807, 2.05) is 6.07 Å². The molecule has 2 rings (SSSR count). The number of ether oxygens (including phenoxy) is 1. The molecule has 112 valence electrons. The average Bonchev–Trinajstić information content (AvgIpc) is 2.96. The van der Waals surface area contributed by atoms with E-state index in [1.165, 1.54) is 29.6 Å². The number of hydrogen-bond acceptors (Lipinski definition) is 5. The molecule has 1 aliphatic rings. The predicted octanol–water partition coefficient (Wildman–Crippen LogP) is 1.05. The van der Waals surface area contributed by atoms with Crippen LogP contribution in [0.4, 0.5) is 0 Å². The maximum Gasteiger partial charge on any atom is 0.310 e. The molecule has 0 aromatic heterocycles. The Kier molecular flexibility index (Phi) is 4.30. The number of esters is 1. The van der Waals surface area contributed by atoms with E-state index < -0.39 is 15.9 Å². The Balaban J connectivity index is 2.26. The van der Waals surface area contributed by atoms with Gasteiger partial charge in [-0.3, -0.25) is 4.79 Å². The van der Waals surface area contributed by atoms with E-state index >= 15 is 0 Å². The minimum absolute atomic E-state index is 0.133. The maximum atomic E-state index is 12.5. The molecule has 1 atom stereocenters. The van der Waals surface area contributed by atoms with Gasteiger partial charge in [-0.1, -0.05) is 0 Å². The molecule has 0 bridgehead atoms. The normalized spacial score (nSPS) is 19.2. The van der Waals surface area contributed by atoms with Crippen LogP contribution in [-0.2, 0) is 19.6 Å². The van der Waals surface area contributed by atoms with E-state index in [0.29, 0.717) is 24.1 Å². The van der Waals surface area contributed by atoms with Crippen molar-refractivity contribution in [1.29, 1.82) is 5.26 Å². The zero-order valence-corrected chi connectivity index (χ0v) is 12.7. The third kappa shape index (κ3) is 2.91. The number of nitriles is 1. The quantitative estimate of drug-likeness (QED) is 0.779. The van der Waals surface area contributed by atoms with E-state index in [9.17, 15) is 13.2 Å². The van der Waals surface area contributed by atoms with Crippen LogP contribution in [-0.4, -0.2) is 38.9 Å². The number of hydrogen-bond donors (Lipinski definition) is 0. The second-order valence-electron chi connectivity index (χ2n) is 4.96. The molecule has 1 unspecified atom stereocenters. The summed E-state index contributed by atoms with van der Waals surface area (Å²) in [5.41, 5.74) is 1.06. The van der Waals surface area contributed by atoms with Gasteiger partial charge in [0.2, 0.25) is 10.0 Å². The summed E-state index contributed by atoms with van der Waals surface area (Å²) >= 11 is 0. The zero-order chi connectivity index (χ0) is 15.6. The first-order valence-corrected chi connectivity index (χ1v) is 7.93. The van der Waals surface area contributed by atoms with Gasteiger partial charge in [-0.15, -0.1) is 0 Å². The standard InChI is InChI=1S/C14H16N2O4S/c1-10-7-13(4-3-11(10)8-15)21(18,19)16-6-5-12(9-16)14(17)20-2/h3-4,7,12H,5-6,9H2,1-2H3. The highest BCUT2D eigenvalue weighted by Gasteiger charge is 2.36. The highest BCUT2D eigenvalue weighted by Crippen LogP contribution is 2.26. The third-order valence-electron chi connectivity index (χ3n) is 3.64. The van der Waals surface area contributed by atoms with Gasteiger partial charge in [-0.2, -0.15) is 9.57 Å². The number of carbonyl (C=O) groups is 1. The fourth-order valence-electron chi connectivity index (χ4n) is 2.38. The molecule has 1 aromatic rings. The summed E-state index contributed by atoms with van der Waals surface area (Å²) in [5.74, 6) is -0.798. The molecule has 1 aromatic carbocycles. The van der Waals surface area contributed by atoms with Gasteiger partial charge >= 0.3 is 5.97 Å². The summed E-state index contributed by atoms with van der Waals surface area (Å²) in [7, 11) is -2.35. The fourth-order valence-corrected chi connectivity index (χ4v) is 3.96. The highest BCUT2D eigenvalue weighted by atomic mass is 32.2. The van der Waals surface area contributed by atoms with Gasteiger partial charge in [-0.25, -0.2) is 8.42 Å². The van der Waals surface area contributed by atoms with E-state index in [4.69, 9.17) is 5.26 Å². The SMILES string of the molecule is COC(=O)C1CCN(S(=O)(=O)c2ccc(C#N)c(C)c2)C1. The lowest BCUT2D eigenvalue weighted by atomic mass is 10.1. The van der Waals surface area contributed by atoms with Crippen LogP contribution in [0.15, 0.2) is 23.1 Å². The number of aryl methyl sites for hydroxylation is 1. The molecular formula is C14H16N2O4S. The van der Waals surface area contributed by atoms with E-state index in [0.717, 1.165) is 0 Å². The smallest absolute Gasteiger partial charge is 0.310 e. The van der Waals surface area contributed by atoms with Crippen molar-refractivity contribution in [2.24, 2.45) is 5.92 Å². The Morgan fingerprint density at radius 3 is 2.76 bits per heavy atom. The van der Waals surface area contributed by atoms with Crippen molar-refractivity contribution in [2.45, 2.75) is 18.2 Å². The van der Waals surface area contributed by atoms with E-state index in [2.05, 4.69) is 4.74 Å². The monoisotopic (exact) mass is 308 g/mol. The van der Waals surface area contributed by atoms with E-state index in [1.54, 1.807) is 6.92 Å². The molecule has 0 N–H and O–H groups in total. The fraction of sp³-hybridized carbons (Fsp3) is 0.429. The minimum atomic E-state index is -3.64. The Bertz CT molecular complexity index is 706. The van der Waals surface area contributed by atoms with Crippen LogP contribution in [0.3, 0.4) is 0 Å². The molecule has 6 nitrogen and oxygen atoms in total. The lowest BCUT2D eigenvalue weighted by molar-refractivity contribution is -0.144. The molecule has 0 saturated carbocycles. The highest BCUT2D eigenvalue weighted by molar-refractivity contribution is 7.89. The maximum absolute atomic E-state index is 12.5. The van der Waals surface area contributed by atoms with E-state index in [-0.39, 0.29) is 17.4 Å². The predicted molar refractivity (Wildman–Crippen MR) is 74.8 cm³/mol. The zero-order valence-electron chi connectivity index (χ0n) is 11.9. The number of carbonyl (C=O) groups excluding carboxylic acids is 1. The van der Waals surface area contributed by atoms with Gasteiger partial charge in [0.1, 0.15) is 0 Å². The molecule has 0 radical (unpaired) electrons. The molecule has 1 saturated heterocycles. The number of rotatable bonds is 3. The number of sulfonamides is 1. The van der Waals surface area contributed by atoms with Crippen molar-refractivity contribution >= 4 is 16.0 Å². The van der Waals surface area contributed by atoms with Crippen molar-refractivity contribution in [2.75, 3.05) is 20.2 Å². The van der Waals surface area contributed by atoms with Crippen LogP contribution in [0.5, 0.6) is 0 Å². The number of methoxy groups -OCH3 is 1. The lowest BCUT2D eigenvalue weighted by Gasteiger charge is -2.16.